The minimum Gasteiger partial charge on any atom is -0.508 e. The molecule has 5 heteroatoms. The largest absolute Gasteiger partial charge is 0.508 e. The van der Waals surface area contributed by atoms with Gasteiger partial charge in [0.2, 0.25) is 0 Å². The van der Waals surface area contributed by atoms with Crippen molar-refractivity contribution in [1.82, 2.24) is 0 Å². The fourth-order valence-corrected chi connectivity index (χ4v) is 2.79. The van der Waals surface area contributed by atoms with Crippen molar-refractivity contribution in [1.29, 1.82) is 0 Å². The minimum absolute atomic E-state index is 0.157. The number of phenols is 1. The lowest BCUT2D eigenvalue weighted by Crippen LogP contribution is -2.39. The van der Waals surface area contributed by atoms with Gasteiger partial charge in [-0.15, -0.1) is 0 Å². The molecule has 0 amide bonds. The van der Waals surface area contributed by atoms with E-state index in [-0.39, 0.29) is 17.8 Å². The predicted molar refractivity (Wildman–Crippen MR) is 81.3 cm³/mol. The number of esters is 1. The highest BCUT2D eigenvalue weighted by Gasteiger charge is 2.28. The van der Waals surface area contributed by atoms with E-state index in [1.165, 1.54) is 0 Å². The molecule has 0 bridgehead atoms. The zero-order valence-corrected chi connectivity index (χ0v) is 13.8. The molecule has 112 valence electrons. The van der Waals surface area contributed by atoms with Gasteiger partial charge in [-0.1, -0.05) is 12.1 Å². The third-order valence-corrected chi connectivity index (χ3v) is 3.46. The average Bonchev–Trinajstić information content (AvgIpc) is 2.28. The van der Waals surface area contributed by atoms with E-state index in [2.05, 4.69) is 0 Å². The van der Waals surface area contributed by atoms with Gasteiger partial charge in [-0.05, 0) is 51.2 Å². The quantitative estimate of drug-likeness (QED) is 0.647. The molecule has 0 saturated heterocycles. The number of hydrogen-bond acceptors (Lipinski definition) is 4. The van der Waals surface area contributed by atoms with Crippen LogP contribution < -0.4 is 0 Å². The number of carbonyl (C=O) groups is 1. The third kappa shape index (κ3) is 6.21. The van der Waals surface area contributed by atoms with E-state index in [1.807, 2.05) is 33.5 Å². The smallest absolute Gasteiger partial charge is 0.334 e. The molecule has 1 rings (SSSR count). The van der Waals surface area contributed by atoms with Gasteiger partial charge < -0.3 is 14.3 Å². The number of rotatable bonds is 6. The van der Waals surface area contributed by atoms with E-state index in [0.717, 1.165) is 5.56 Å². The van der Waals surface area contributed by atoms with Crippen molar-refractivity contribution in [3.63, 3.8) is 0 Å². The second-order valence-corrected chi connectivity index (χ2v) is 10.5. The van der Waals surface area contributed by atoms with Gasteiger partial charge in [0.1, 0.15) is 11.9 Å². The Bertz CT molecular complexity index is 434. The first-order chi connectivity index (χ1) is 9.17. The van der Waals surface area contributed by atoms with Crippen molar-refractivity contribution in [2.45, 2.75) is 52.1 Å². The van der Waals surface area contributed by atoms with Gasteiger partial charge in [0, 0.05) is 6.42 Å². The Kier molecular flexibility index (Phi) is 5.77. The van der Waals surface area contributed by atoms with E-state index in [9.17, 15) is 9.90 Å². The summed E-state index contributed by atoms with van der Waals surface area (Å²) in [6, 6.07) is 6.79. The van der Waals surface area contributed by atoms with Gasteiger partial charge in [0.25, 0.3) is 0 Å². The second kappa shape index (κ2) is 6.90. The van der Waals surface area contributed by atoms with E-state index in [1.54, 1.807) is 24.3 Å². The third-order valence-electron chi connectivity index (χ3n) is 2.47. The van der Waals surface area contributed by atoms with Crippen LogP contribution in [0.15, 0.2) is 24.3 Å². The molecule has 4 nitrogen and oxygen atoms in total. The predicted octanol–water partition coefficient (Wildman–Crippen LogP) is 3.11. The Hall–Kier alpha value is -1.33. The molecule has 1 aromatic rings. The first-order valence-corrected chi connectivity index (χ1v) is 10.2. The molecular weight excluding hydrogens is 272 g/mol. The number of hydrogen-bond donors (Lipinski definition) is 1. The van der Waals surface area contributed by atoms with Gasteiger partial charge in [-0.25, -0.2) is 4.79 Å². The van der Waals surface area contributed by atoms with Crippen molar-refractivity contribution in [3.8, 4) is 5.75 Å². The summed E-state index contributed by atoms with van der Waals surface area (Å²) >= 11 is 0. The molecule has 0 aliphatic heterocycles. The first kappa shape index (κ1) is 16.7. The SMILES string of the molecule is CC(C)OC(=O)[C@H](Cc1ccc(O)cc1)O[Si](C)(C)C. The van der Waals surface area contributed by atoms with Crippen molar-refractivity contribution in [3.05, 3.63) is 29.8 Å². The summed E-state index contributed by atoms with van der Waals surface area (Å²) < 4.78 is 11.2. The monoisotopic (exact) mass is 296 g/mol. The van der Waals surface area contributed by atoms with Gasteiger partial charge in [-0.3, -0.25) is 0 Å². The average molecular weight is 296 g/mol. The molecule has 0 fully saturated rings. The molecule has 0 heterocycles. The Morgan fingerprint density at radius 3 is 2.20 bits per heavy atom. The van der Waals surface area contributed by atoms with Crippen molar-refractivity contribution in [2.75, 3.05) is 0 Å². The topological polar surface area (TPSA) is 55.8 Å². The number of aromatic hydroxyl groups is 1. The van der Waals surface area contributed by atoms with Crippen LogP contribution in [-0.4, -0.2) is 31.6 Å². The first-order valence-electron chi connectivity index (χ1n) is 6.83. The summed E-state index contributed by atoms with van der Waals surface area (Å²) in [6.45, 7) is 9.77. The summed E-state index contributed by atoms with van der Waals surface area (Å²) in [6.07, 6.45) is -0.292. The highest BCUT2D eigenvalue weighted by atomic mass is 28.4. The van der Waals surface area contributed by atoms with Crippen LogP contribution in [0.5, 0.6) is 5.75 Å². The molecule has 1 atom stereocenters. The lowest BCUT2D eigenvalue weighted by atomic mass is 10.1. The second-order valence-electron chi connectivity index (χ2n) is 6.08. The molecular formula is C15H24O4Si. The van der Waals surface area contributed by atoms with Crippen LogP contribution in [0.1, 0.15) is 19.4 Å². The van der Waals surface area contributed by atoms with E-state index in [4.69, 9.17) is 9.16 Å². The number of carbonyl (C=O) groups excluding carboxylic acids is 1. The van der Waals surface area contributed by atoms with Crippen LogP contribution in [-0.2, 0) is 20.4 Å². The Balaban J connectivity index is 2.81. The van der Waals surface area contributed by atoms with Crippen molar-refractivity contribution < 1.29 is 19.1 Å². The number of ether oxygens (including phenoxy) is 1. The summed E-state index contributed by atoms with van der Waals surface area (Å²) in [5.41, 5.74) is 0.937. The zero-order chi connectivity index (χ0) is 15.3. The number of benzene rings is 1. The molecule has 0 unspecified atom stereocenters. The normalized spacial score (nSPS) is 13.3. The maximum atomic E-state index is 12.1. The molecule has 0 aliphatic carbocycles. The van der Waals surface area contributed by atoms with Crippen LogP contribution in [0.2, 0.25) is 19.6 Å². The highest BCUT2D eigenvalue weighted by Crippen LogP contribution is 2.17. The molecule has 0 saturated carbocycles. The Morgan fingerprint density at radius 2 is 1.75 bits per heavy atom. The van der Waals surface area contributed by atoms with Gasteiger partial charge in [0.05, 0.1) is 6.10 Å². The van der Waals surface area contributed by atoms with Crippen LogP contribution in [0.3, 0.4) is 0 Å². The van der Waals surface area contributed by atoms with Gasteiger partial charge in [-0.2, -0.15) is 0 Å². The van der Waals surface area contributed by atoms with Gasteiger partial charge >= 0.3 is 5.97 Å². The summed E-state index contributed by atoms with van der Waals surface area (Å²) in [4.78, 5) is 12.1. The van der Waals surface area contributed by atoms with E-state index >= 15 is 0 Å². The van der Waals surface area contributed by atoms with Gasteiger partial charge in [0.15, 0.2) is 8.32 Å². The Morgan fingerprint density at radius 1 is 1.20 bits per heavy atom. The van der Waals surface area contributed by atoms with Crippen LogP contribution in [0.25, 0.3) is 0 Å². The van der Waals surface area contributed by atoms with Crippen LogP contribution in [0.4, 0.5) is 0 Å². The molecule has 0 aliphatic rings. The zero-order valence-electron chi connectivity index (χ0n) is 12.8. The molecule has 0 spiro atoms. The minimum atomic E-state index is -1.85. The lowest BCUT2D eigenvalue weighted by molar-refractivity contribution is -0.156. The standard InChI is InChI=1S/C15H24O4Si/c1-11(2)18-15(17)14(19-20(3,4)5)10-12-6-8-13(16)9-7-12/h6-9,11,14,16H,10H2,1-5H3/t14-/m0/s1. The number of phenolic OH excluding ortho intramolecular Hbond substituents is 1. The highest BCUT2D eigenvalue weighted by molar-refractivity contribution is 6.69. The fraction of sp³-hybridized carbons (Fsp3) is 0.533. The van der Waals surface area contributed by atoms with Crippen molar-refractivity contribution in [2.24, 2.45) is 0 Å². The van der Waals surface area contributed by atoms with Crippen LogP contribution >= 0.6 is 0 Å². The summed E-state index contributed by atoms with van der Waals surface area (Å²) in [7, 11) is -1.85. The summed E-state index contributed by atoms with van der Waals surface area (Å²) in [5.74, 6) is -0.114. The molecule has 20 heavy (non-hydrogen) atoms. The van der Waals surface area contributed by atoms with Crippen molar-refractivity contribution >= 4 is 14.3 Å². The summed E-state index contributed by atoms with van der Waals surface area (Å²) in [5, 5.41) is 9.29. The maximum Gasteiger partial charge on any atom is 0.334 e. The fourth-order valence-electron chi connectivity index (χ4n) is 1.75. The molecule has 0 radical (unpaired) electrons. The molecule has 0 aromatic heterocycles. The lowest BCUT2D eigenvalue weighted by Gasteiger charge is -2.26. The molecule has 1 aromatic carbocycles. The van der Waals surface area contributed by atoms with Crippen LogP contribution in [0, 0.1) is 0 Å². The Labute approximate surface area is 121 Å². The maximum absolute atomic E-state index is 12.1. The molecule has 1 N–H and O–H groups in total. The van der Waals surface area contributed by atoms with E-state index < -0.39 is 14.4 Å². The van der Waals surface area contributed by atoms with E-state index in [0.29, 0.717) is 6.42 Å².